The molecule has 1 aromatic rings. The van der Waals surface area contributed by atoms with E-state index in [-0.39, 0.29) is 98.0 Å². The summed E-state index contributed by atoms with van der Waals surface area (Å²) in [6, 6.07) is 9.55. The van der Waals surface area contributed by atoms with Gasteiger partial charge in [0.05, 0.1) is 38.3 Å². The van der Waals surface area contributed by atoms with Crippen LogP contribution >= 0.6 is 23.5 Å². The van der Waals surface area contributed by atoms with Crippen LogP contribution in [0.25, 0.3) is 0 Å². The van der Waals surface area contributed by atoms with Crippen LogP contribution in [0.4, 0.5) is 0 Å². The van der Waals surface area contributed by atoms with Gasteiger partial charge in [-0.15, -0.1) is 0 Å². The van der Waals surface area contributed by atoms with Gasteiger partial charge in [-0.05, 0) is 133 Å². The molecular weight excluding hydrogens is 1110 g/mol. The molecule has 0 aliphatic heterocycles. The van der Waals surface area contributed by atoms with Crippen LogP contribution in [0.1, 0.15) is 161 Å². The Bertz CT molecular complexity index is 1770. The monoisotopic (exact) mass is 1230 g/mol. The molecular formula is C60H120N12O10S2. The van der Waals surface area contributed by atoms with Crippen LogP contribution in [0.15, 0.2) is 35.3 Å². The summed E-state index contributed by atoms with van der Waals surface area (Å²) in [5.41, 5.74) is 22.4. The summed E-state index contributed by atoms with van der Waals surface area (Å²) in [5, 5.41) is 24.9. The molecule has 0 aromatic heterocycles. The van der Waals surface area contributed by atoms with Gasteiger partial charge >= 0.3 is 0 Å². The highest BCUT2D eigenvalue weighted by Gasteiger charge is 2.30. The second-order valence-electron chi connectivity index (χ2n) is 21.5. The number of nitrogens with zero attached hydrogens (tertiary/aromatic N) is 1. The topological polar surface area (TPSA) is 375 Å². The number of thioether (sulfide) groups is 2. The Kier molecular flexibility index (Phi) is 71.5. The fraction of sp³-hybridized carbons (Fsp3) is 0.733. The van der Waals surface area contributed by atoms with E-state index in [2.05, 4.69) is 123 Å². The number of ketones is 1. The average Bonchev–Trinajstić information content (AvgIpc) is 3.42. The van der Waals surface area contributed by atoms with Gasteiger partial charge in [0.15, 0.2) is 11.7 Å². The number of aliphatic imine (C=N–C) groups is 1. The second kappa shape index (κ2) is 65.1. The minimum atomic E-state index is -0.633. The number of Topliss-reactive ketones (excluding diaryl/α,β-unsaturated/α-hetero) is 1. The summed E-state index contributed by atoms with van der Waals surface area (Å²) < 4.78 is 0. The van der Waals surface area contributed by atoms with E-state index in [1.54, 1.807) is 18.7 Å². The number of rotatable bonds is 28. The van der Waals surface area contributed by atoms with Crippen LogP contribution in [0.2, 0.25) is 0 Å². The summed E-state index contributed by atoms with van der Waals surface area (Å²) in [6.45, 7) is 33.1. The summed E-state index contributed by atoms with van der Waals surface area (Å²) in [5.74, 6) is 4.34. The van der Waals surface area contributed by atoms with Gasteiger partial charge in [-0.1, -0.05) is 118 Å². The smallest absolute Gasteiger partial charge is 0.290 e. The lowest BCUT2D eigenvalue weighted by atomic mass is 9.68. The standard InChI is InChI=1S/C14H27N3O3.2C9H18N2O2.C8H19N5O.C7H14.C7H8.C3H8S.C2H6S.CH2O2/c1-5-6-7-11(18)10(4)17-12(19)8-16-14(20)13(15)9(2)3;2*1-7(2)4-8(3)11-9(13)5-10-6-12;1-6(13-7(14)5-9)3-2-4-12-8(10)11;1-5-4-6(2)7(5)3;1-7-5-3-2-4-6-7;1-3-4-2;1-3-2;2-1-3/h9-10,13H,5-8,15H2,1-4H3,(H,16,20)(H,17,19);2*6-8H,4-5H2,1-3H3,(H,10,12)(H,11,13);6H,2-5,9H2,1H3,(H,13,14)(H4,10,11,12);5-7H,4H2,1-3H3;2-6H,1H3;3H2,1-2H3;1-2H3;1H,(H,2,3). The maximum Gasteiger partial charge on any atom is 0.290 e. The summed E-state index contributed by atoms with van der Waals surface area (Å²) >= 11 is 3.61. The lowest BCUT2D eigenvalue weighted by Crippen LogP contribution is -2.49. The first kappa shape index (κ1) is 92.3. The van der Waals surface area contributed by atoms with Gasteiger partial charge in [-0.3, -0.25) is 48.1 Å². The highest BCUT2D eigenvalue weighted by molar-refractivity contribution is 7.98. The largest absolute Gasteiger partial charge is 0.483 e. The zero-order chi connectivity index (χ0) is 66.6. The predicted octanol–water partition coefficient (Wildman–Crippen LogP) is 5.76. The van der Waals surface area contributed by atoms with Gasteiger partial charge in [0.2, 0.25) is 42.4 Å². The quantitative estimate of drug-likeness (QED) is 0.0205. The number of amides is 7. The summed E-state index contributed by atoms with van der Waals surface area (Å²) in [4.78, 5) is 99.8. The van der Waals surface area contributed by atoms with Crippen molar-refractivity contribution in [2.24, 2.45) is 63.4 Å². The third kappa shape index (κ3) is 72.6. The van der Waals surface area contributed by atoms with Gasteiger partial charge in [-0.2, -0.15) is 23.5 Å². The van der Waals surface area contributed by atoms with Crippen molar-refractivity contribution in [3.05, 3.63) is 35.9 Å². The minimum Gasteiger partial charge on any atom is -0.483 e. The Labute approximate surface area is 516 Å². The maximum atomic E-state index is 11.7. The second-order valence-corrected chi connectivity index (χ2v) is 23.4. The van der Waals surface area contributed by atoms with Gasteiger partial charge < -0.3 is 65.3 Å². The van der Waals surface area contributed by atoms with Crippen molar-refractivity contribution in [3.63, 3.8) is 0 Å². The average molecular weight is 1230 g/mol. The zero-order valence-electron chi connectivity index (χ0n) is 55.1. The van der Waals surface area contributed by atoms with Crippen molar-refractivity contribution in [1.82, 2.24) is 37.2 Å². The summed E-state index contributed by atoms with van der Waals surface area (Å²) in [6.07, 6.45) is 14.5. The van der Waals surface area contributed by atoms with Crippen molar-refractivity contribution in [1.29, 1.82) is 0 Å². The molecule has 2 rings (SSSR count). The molecule has 7 unspecified atom stereocenters. The number of nitrogens with two attached hydrogens (primary N) is 4. The number of aryl methyl sites for hydroxylation is 1. The lowest BCUT2D eigenvalue weighted by molar-refractivity contribution is -0.129. The Hall–Kier alpha value is -5.46. The number of guanidine groups is 1. The number of carbonyl (C=O) groups excluding carboxylic acids is 8. The molecule has 22 nitrogen and oxygen atoms in total. The van der Waals surface area contributed by atoms with Crippen LogP contribution < -0.4 is 60.2 Å². The van der Waals surface area contributed by atoms with E-state index in [1.807, 2.05) is 84.0 Å². The first-order valence-electron chi connectivity index (χ1n) is 29.1. The predicted molar refractivity (Wildman–Crippen MR) is 352 cm³/mol. The molecule has 24 heteroatoms. The molecule has 7 amide bonds. The molecule has 0 heterocycles. The Morgan fingerprint density at radius 3 is 1.40 bits per heavy atom. The number of carboxylic acid groups (broad SMARTS) is 1. The molecule has 0 radical (unpaired) electrons. The molecule has 16 N–H and O–H groups in total. The van der Waals surface area contributed by atoms with Crippen molar-refractivity contribution >= 4 is 84.1 Å². The number of hydrogen-bond donors (Lipinski definition) is 12. The van der Waals surface area contributed by atoms with E-state index in [0.29, 0.717) is 37.6 Å². The van der Waals surface area contributed by atoms with Crippen molar-refractivity contribution < 1.29 is 48.3 Å². The van der Waals surface area contributed by atoms with Gasteiger partial charge in [0, 0.05) is 31.1 Å². The molecule has 1 aliphatic carbocycles. The maximum absolute atomic E-state index is 11.7. The van der Waals surface area contributed by atoms with Crippen LogP contribution in [0.3, 0.4) is 0 Å². The molecule has 84 heavy (non-hydrogen) atoms. The van der Waals surface area contributed by atoms with E-state index < -0.39 is 12.1 Å². The molecule has 492 valence electrons. The number of nitrogens with one attached hydrogen (secondary N) is 7. The zero-order valence-corrected chi connectivity index (χ0v) is 56.7. The van der Waals surface area contributed by atoms with Gasteiger partial charge in [-0.25, -0.2) is 0 Å². The lowest BCUT2D eigenvalue weighted by Gasteiger charge is -2.38. The van der Waals surface area contributed by atoms with E-state index in [0.717, 1.165) is 56.3 Å². The highest BCUT2D eigenvalue weighted by Crippen LogP contribution is 2.38. The fourth-order valence-electron chi connectivity index (χ4n) is 6.91. The molecule has 1 saturated carbocycles. The van der Waals surface area contributed by atoms with Crippen molar-refractivity contribution in [2.45, 2.75) is 192 Å². The highest BCUT2D eigenvalue weighted by atomic mass is 32.2. The van der Waals surface area contributed by atoms with Crippen LogP contribution in [0.5, 0.6) is 0 Å². The van der Waals surface area contributed by atoms with Crippen LogP contribution in [-0.4, -0.2) is 153 Å². The number of unbranched alkanes of at least 4 members (excludes halogenated alkanes) is 1. The van der Waals surface area contributed by atoms with Crippen molar-refractivity contribution in [3.8, 4) is 0 Å². The minimum absolute atomic E-state index is 0.00501. The third-order valence-corrected chi connectivity index (χ3v) is 12.3. The Morgan fingerprint density at radius 1 is 0.690 bits per heavy atom. The molecule has 0 saturated heterocycles. The Morgan fingerprint density at radius 2 is 1.11 bits per heavy atom. The molecule has 1 aliphatic rings. The number of hydrogen-bond acceptors (Lipinski definition) is 14. The van der Waals surface area contributed by atoms with E-state index >= 15 is 0 Å². The Balaban J connectivity index is -0.000000168. The van der Waals surface area contributed by atoms with Gasteiger partial charge in [0.1, 0.15) is 0 Å². The molecule has 1 aromatic carbocycles. The van der Waals surface area contributed by atoms with Gasteiger partial charge in [0.25, 0.3) is 6.47 Å². The number of carbonyl (C=O) groups is 9. The molecule has 1 fully saturated rings. The number of benzene rings is 1. The van der Waals surface area contributed by atoms with E-state index in [9.17, 15) is 38.4 Å². The van der Waals surface area contributed by atoms with Crippen LogP contribution in [-0.2, 0) is 43.2 Å². The SMILES string of the molecule is CC(C)CC(C)NC(=O)CNC=O.CC(C)CC(C)NC(=O)CNC=O.CC(CCCN=C(N)N)NC(=O)CN.CC1CC(C)C1C.CCCCC(=O)C(C)NC(=O)CNC(=O)C(N)C(C)C.CCSC.CSC.Cc1ccccc1.O=CO. The first-order valence-corrected chi connectivity index (χ1v) is 32.2. The van der Waals surface area contributed by atoms with Crippen molar-refractivity contribution in [2.75, 3.05) is 57.2 Å². The fourth-order valence-corrected chi connectivity index (χ4v) is 6.91. The molecule has 0 spiro atoms. The van der Waals surface area contributed by atoms with E-state index in [1.165, 1.54) is 17.7 Å². The van der Waals surface area contributed by atoms with Crippen LogP contribution in [0, 0.1) is 42.4 Å². The summed E-state index contributed by atoms with van der Waals surface area (Å²) in [7, 11) is 0. The normalized spacial score (nSPS) is 14.7. The molecule has 7 atom stereocenters. The molecule has 0 bridgehead atoms. The third-order valence-electron chi connectivity index (χ3n) is 11.7. The van der Waals surface area contributed by atoms with E-state index in [4.69, 9.17) is 32.8 Å². The first-order chi connectivity index (χ1) is 39.3.